The summed E-state index contributed by atoms with van der Waals surface area (Å²) in [6.07, 6.45) is 3.50. The highest BCUT2D eigenvalue weighted by atomic mass is 35.5. The van der Waals surface area contributed by atoms with Crippen molar-refractivity contribution in [2.45, 2.75) is 12.5 Å². The van der Waals surface area contributed by atoms with Crippen molar-refractivity contribution in [2.24, 2.45) is 0 Å². The first-order chi connectivity index (χ1) is 12.1. The maximum atomic E-state index is 6.47. The molecule has 4 rings (SSSR count). The molecule has 3 nitrogen and oxygen atoms in total. The van der Waals surface area contributed by atoms with Crippen LogP contribution in [0.1, 0.15) is 22.6 Å². The Morgan fingerprint density at radius 3 is 2.72 bits per heavy atom. The van der Waals surface area contributed by atoms with E-state index in [4.69, 9.17) is 23.2 Å². The standard InChI is InChI=1S/C20H17Cl2N3/c1-25-11-18(17-8-16(21)9-20(22)19(17)12-25)14-4-2-3-13(7-14)15-5-6-23-24-10-15/h2-10,18H,11-12H2,1H3/t18-/m0/s1. The van der Waals surface area contributed by atoms with Crippen molar-refractivity contribution >= 4 is 23.2 Å². The van der Waals surface area contributed by atoms with Crippen LogP contribution in [0.2, 0.25) is 10.0 Å². The van der Waals surface area contributed by atoms with Crippen LogP contribution in [0.15, 0.2) is 54.9 Å². The summed E-state index contributed by atoms with van der Waals surface area (Å²) >= 11 is 12.8. The third-order valence-electron chi connectivity index (χ3n) is 4.70. The monoisotopic (exact) mass is 369 g/mol. The molecule has 1 aliphatic rings. The predicted molar refractivity (Wildman–Crippen MR) is 102 cm³/mol. The maximum Gasteiger partial charge on any atom is 0.0574 e. The summed E-state index contributed by atoms with van der Waals surface area (Å²) in [5, 5.41) is 9.27. The van der Waals surface area contributed by atoms with Crippen LogP contribution in [-0.4, -0.2) is 28.7 Å². The normalized spacial score (nSPS) is 17.3. The summed E-state index contributed by atoms with van der Waals surface area (Å²) in [5.74, 6) is 0.236. The van der Waals surface area contributed by atoms with Crippen molar-refractivity contribution in [2.75, 3.05) is 13.6 Å². The third kappa shape index (κ3) is 3.28. The van der Waals surface area contributed by atoms with Gasteiger partial charge in [0, 0.05) is 34.6 Å². The average Bonchev–Trinajstić information content (AvgIpc) is 2.63. The van der Waals surface area contributed by atoms with Crippen LogP contribution in [-0.2, 0) is 6.54 Å². The van der Waals surface area contributed by atoms with Crippen molar-refractivity contribution in [3.8, 4) is 11.1 Å². The van der Waals surface area contributed by atoms with Crippen LogP contribution >= 0.6 is 23.2 Å². The maximum absolute atomic E-state index is 6.47. The van der Waals surface area contributed by atoms with Gasteiger partial charge in [0.25, 0.3) is 0 Å². The molecule has 0 unspecified atom stereocenters. The van der Waals surface area contributed by atoms with E-state index in [0.29, 0.717) is 5.02 Å². The quantitative estimate of drug-likeness (QED) is 0.634. The Kier molecular flexibility index (Phi) is 4.46. The lowest BCUT2D eigenvalue weighted by Crippen LogP contribution is -2.31. The number of halogens is 2. The molecule has 2 aromatic carbocycles. The molecule has 2 heterocycles. The number of fused-ring (bicyclic) bond motifs is 1. The van der Waals surface area contributed by atoms with Gasteiger partial charge in [-0.25, -0.2) is 0 Å². The highest BCUT2D eigenvalue weighted by Gasteiger charge is 2.27. The molecule has 0 bridgehead atoms. The Hall–Kier alpha value is -1.94. The van der Waals surface area contributed by atoms with E-state index >= 15 is 0 Å². The molecule has 25 heavy (non-hydrogen) atoms. The summed E-state index contributed by atoms with van der Waals surface area (Å²) in [4.78, 5) is 2.30. The van der Waals surface area contributed by atoms with E-state index in [1.807, 2.05) is 12.1 Å². The van der Waals surface area contributed by atoms with Gasteiger partial charge in [0.05, 0.1) is 12.4 Å². The summed E-state index contributed by atoms with van der Waals surface area (Å²) < 4.78 is 0. The summed E-state index contributed by atoms with van der Waals surface area (Å²) in [5.41, 5.74) is 5.84. The Morgan fingerprint density at radius 2 is 1.92 bits per heavy atom. The first-order valence-electron chi connectivity index (χ1n) is 8.15. The molecule has 3 aromatic rings. The number of hydrogen-bond donors (Lipinski definition) is 0. The summed E-state index contributed by atoms with van der Waals surface area (Å²) in [6, 6.07) is 14.4. The Balaban J connectivity index is 1.81. The molecule has 0 aliphatic carbocycles. The van der Waals surface area contributed by atoms with E-state index in [0.717, 1.165) is 29.2 Å². The van der Waals surface area contributed by atoms with Gasteiger partial charge in [-0.1, -0.05) is 47.5 Å². The highest BCUT2D eigenvalue weighted by molar-refractivity contribution is 6.35. The van der Waals surface area contributed by atoms with Gasteiger partial charge in [0.2, 0.25) is 0 Å². The minimum absolute atomic E-state index is 0.236. The molecule has 1 atom stereocenters. The van der Waals surface area contributed by atoms with Gasteiger partial charge in [-0.3, -0.25) is 0 Å². The molecule has 1 aliphatic heterocycles. The Labute approximate surface area is 157 Å². The molecule has 0 radical (unpaired) electrons. The van der Waals surface area contributed by atoms with Gasteiger partial charge in [0.1, 0.15) is 0 Å². The second-order valence-electron chi connectivity index (χ2n) is 6.46. The lowest BCUT2D eigenvalue weighted by Gasteiger charge is -2.33. The average molecular weight is 370 g/mol. The SMILES string of the molecule is CN1Cc2c(Cl)cc(Cl)cc2[C@H](c2cccc(-c3ccnnc3)c2)C1. The minimum atomic E-state index is 0.236. The van der Waals surface area contributed by atoms with Gasteiger partial charge in [-0.15, -0.1) is 0 Å². The van der Waals surface area contributed by atoms with E-state index in [1.165, 1.54) is 16.7 Å². The molecule has 0 spiro atoms. The van der Waals surface area contributed by atoms with Gasteiger partial charge in [-0.05, 0) is 47.5 Å². The smallest absolute Gasteiger partial charge is 0.0574 e. The van der Waals surface area contributed by atoms with E-state index in [9.17, 15) is 0 Å². The molecular weight excluding hydrogens is 353 g/mol. The summed E-state index contributed by atoms with van der Waals surface area (Å²) in [7, 11) is 2.12. The fourth-order valence-corrected chi connectivity index (χ4v) is 4.10. The van der Waals surface area contributed by atoms with Crippen LogP contribution < -0.4 is 0 Å². The number of rotatable bonds is 2. The molecule has 1 aromatic heterocycles. The molecular formula is C20H17Cl2N3. The molecule has 126 valence electrons. The number of likely N-dealkylation sites (N-methyl/N-ethyl adjacent to an activating group) is 1. The number of hydrogen-bond acceptors (Lipinski definition) is 3. The van der Waals surface area contributed by atoms with Gasteiger partial charge >= 0.3 is 0 Å². The molecule has 5 heteroatoms. The third-order valence-corrected chi connectivity index (χ3v) is 5.25. The molecule has 0 N–H and O–H groups in total. The highest BCUT2D eigenvalue weighted by Crippen LogP contribution is 2.39. The zero-order chi connectivity index (χ0) is 17.4. The number of aromatic nitrogens is 2. The first-order valence-corrected chi connectivity index (χ1v) is 8.91. The lowest BCUT2D eigenvalue weighted by atomic mass is 9.84. The van der Waals surface area contributed by atoms with E-state index < -0.39 is 0 Å². The molecule has 0 amide bonds. The number of benzene rings is 2. The van der Waals surface area contributed by atoms with Gasteiger partial charge < -0.3 is 4.90 Å². The van der Waals surface area contributed by atoms with Crippen LogP contribution in [0.4, 0.5) is 0 Å². The summed E-state index contributed by atoms with van der Waals surface area (Å²) in [6.45, 7) is 1.78. The first kappa shape index (κ1) is 16.5. The molecule has 0 saturated carbocycles. The van der Waals surface area contributed by atoms with E-state index in [1.54, 1.807) is 12.4 Å². The molecule has 0 saturated heterocycles. The van der Waals surface area contributed by atoms with E-state index in [2.05, 4.69) is 52.5 Å². The second kappa shape index (κ2) is 6.75. The predicted octanol–water partition coefficient (Wildman–Crippen LogP) is 5.03. The van der Waals surface area contributed by atoms with Gasteiger partial charge in [0.15, 0.2) is 0 Å². The van der Waals surface area contributed by atoms with Crippen LogP contribution in [0.5, 0.6) is 0 Å². The Bertz CT molecular complexity index is 912. The molecule has 0 fully saturated rings. The van der Waals surface area contributed by atoms with Crippen molar-refractivity contribution in [1.82, 2.24) is 15.1 Å². The topological polar surface area (TPSA) is 29.0 Å². The second-order valence-corrected chi connectivity index (χ2v) is 7.30. The number of nitrogens with zero attached hydrogens (tertiary/aromatic N) is 3. The Morgan fingerprint density at radius 1 is 1.04 bits per heavy atom. The van der Waals surface area contributed by atoms with Crippen LogP contribution in [0.25, 0.3) is 11.1 Å². The van der Waals surface area contributed by atoms with Crippen molar-refractivity contribution in [3.63, 3.8) is 0 Å². The van der Waals surface area contributed by atoms with Crippen LogP contribution in [0, 0.1) is 0 Å². The van der Waals surface area contributed by atoms with Crippen molar-refractivity contribution < 1.29 is 0 Å². The van der Waals surface area contributed by atoms with Crippen molar-refractivity contribution in [1.29, 1.82) is 0 Å². The zero-order valence-corrected chi connectivity index (χ0v) is 15.3. The fraction of sp³-hybridized carbons (Fsp3) is 0.200. The largest absolute Gasteiger partial charge is 0.301 e. The van der Waals surface area contributed by atoms with Gasteiger partial charge in [-0.2, -0.15) is 10.2 Å². The zero-order valence-electron chi connectivity index (χ0n) is 13.8. The fourth-order valence-electron chi connectivity index (χ4n) is 3.53. The van der Waals surface area contributed by atoms with E-state index in [-0.39, 0.29) is 5.92 Å². The minimum Gasteiger partial charge on any atom is -0.301 e. The van der Waals surface area contributed by atoms with Crippen LogP contribution in [0.3, 0.4) is 0 Å². The lowest BCUT2D eigenvalue weighted by molar-refractivity contribution is 0.295. The van der Waals surface area contributed by atoms with Crippen molar-refractivity contribution in [3.05, 3.63) is 81.6 Å².